The quantitative estimate of drug-likeness (QED) is 0.466. The van der Waals surface area contributed by atoms with E-state index in [1.54, 1.807) is 6.92 Å². The number of carbonyl (C=O) groups is 1. The summed E-state index contributed by atoms with van der Waals surface area (Å²) in [6, 6.07) is 8.07. The third-order valence-corrected chi connectivity index (χ3v) is 2.66. The summed E-state index contributed by atoms with van der Waals surface area (Å²) in [5, 5.41) is 3.20. The minimum Gasteiger partial charge on any atom is -0.464 e. The highest BCUT2D eigenvalue weighted by Crippen LogP contribution is 2.10. The lowest BCUT2D eigenvalue weighted by molar-refractivity contribution is -0.148. The summed E-state index contributed by atoms with van der Waals surface area (Å²) in [6.07, 6.45) is 0. The van der Waals surface area contributed by atoms with Crippen LogP contribution in [-0.2, 0) is 14.3 Å². The van der Waals surface area contributed by atoms with Crippen LogP contribution in [0, 0.1) is 3.57 Å². The number of hydrogen-bond donors (Lipinski definition) is 1. The summed E-state index contributed by atoms with van der Waals surface area (Å²) in [5.74, 6) is -0.318. The van der Waals surface area contributed by atoms with Gasteiger partial charge in [-0.2, -0.15) is 0 Å². The molecule has 1 N–H and O–H groups in total. The molecule has 4 nitrogen and oxygen atoms in total. The molecule has 0 saturated heterocycles. The first-order valence-corrected chi connectivity index (χ1v) is 6.53. The lowest BCUT2D eigenvalue weighted by Crippen LogP contribution is -2.16. The van der Waals surface area contributed by atoms with Gasteiger partial charge >= 0.3 is 5.97 Å². The molecule has 1 rings (SSSR count). The number of halogens is 1. The smallest absolute Gasteiger partial charge is 0.332 e. The summed E-state index contributed by atoms with van der Waals surface area (Å²) < 4.78 is 11.1. The van der Waals surface area contributed by atoms with Crippen LogP contribution in [0.1, 0.15) is 6.92 Å². The Kier molecular flexibility index (Phi) is 6.95. The van der Waals surface area contributed by atoms with E-state index in [2.05, 4.69) is 27.9 Å². The van der Waals surface area contributed by atoms with E-state index in [1.807, 2.05) is 24.3 Å². The minimum atomic E-state index is -0.318. The van der Waals surface area contributed by atoms with Crippen LogP contribution in [0.15, 0.2) is 24.3 Å². The maximum absolute atomic E-state index is 10.9. The molecular weight excluding hydrogens is 333 g/mol. The summed E-state index contributed by atoms with van der Waals surface area (Å²) in [6.45, 7) is 3.33. The fraction of sp³-hybridized carbons (Fsp3) is 0.417. The van der Waals surface area contributed by atoms with Gasteiger partial charge in [-0.05, 0) is 53.8 Å². The van der Waals surface area contributed by atoms with Gasteiger partial charge in [0.2, 0.25) is 0 Å². The van der Waals surface area contributed by atoms with Crippen LogP contribution in [0.2, 0.25) is 0 Å². The fourth-order valence-electron chi connectivity index (χ4n) is 1.19. The predicted octanol–water partition coefficient (Wildman–Crippen LogP) is 2.28. The zero-order valence-corrected chi connectivity index (χ0v) is 11.9. The van der Waals surface area contributed by atoms with Gasteiger partial charge in [0.15, 0.2) is 0 Å². The van der Waals surface area contributed by atoms with Crippen LogP contribution in [0.5, 0.6) is 0 Å². The van der Waals surface area contributed by atoms with E-state index in [0.29, 0.717) is 19.8 Å². The number of esters is 1. The normalized spacial score (nSPS) is 10.0. The molecular formula is C12H16INO3. The van der Waals surface area contributed by atoms with Crippen molar-refractivity contribution in [1.29, 1.82) is 0 Å². The highest BCUT2D eigenvalue weighted by molar-refractivity contribution is 14.1. The summed E-state index contributed by atoms with van der Waals surface area (Å²) in [4.78, 5) is 10.9. The van der Waals surface area contributed by atoms with E-state index in [0.717, 1.165) is 5.69 Å². The molecule has 1 aromatic carbocycles. The minimum absolute atomic E-state index is 0.0161. The second-order valence-electron chi connectivity index (χ2n) is 3.29. The molecule has 0 aromatic heterocycles. The van der Waals surface area contributed by atoms with Gasteiger partial charge in [0.05, 0.1) is 13.2 Å². The number of nitrogens with one attached hydrogen (secondary N) is 1. The Morgan fingerprint density at radius 3 is 2.71 bits per heavy atom. The molecule has 0 spiro atoms. The van der Waals surface area contributed by atoms with Crippen LogP contribution in [0.3, 0.4) is 0 Å². The Labute approximate surface area is 115 Å². The average Bonchev–Trinajstić information content (AvgIpc) is 2.31. The molecule has 0 heterocycles. The van der Waals surface area contributed by atoms with Crippen molar-refractivity contribution < 1.29 is 14.3 Å². The van der Waals surface area contributed by atoms with Gasteiger partial charge in [-0.3, -0.25) is 0 Å². The van der Waals surface area contributed by atoms with E-state index in [9.17, 15) is 4.79 Å². The van der Waals surface area contributed by atoms with Gasteiger partial charge in [0.25, 0.3) is 0 Å². The molecule has 5 heteroatoms. The number of hydrogen-bond acceptors (Lipinski definition) is 4. The lowest BCUT2D eigenvalue weighted by Gasteiger charge is -2.07. The summed E-state index contributed by atoms with van der Waals surface area (Å²) in [5.41, 5.74) is 1.05. The third-order valence-electron chi connectivity index (χ3n) is 1.94. The fourth-order valence-corrected chi connectivity index (χ4v) is 1.55. The summed E-state index contributed by atoms with van der Waals surface area (Å²) >= 11 is 2.26. The highest BCUT2D eigenvalue weighted by atomic mass is 127. The van der Waals surface area contributed by atoms with Gasteiger partial charge < -0.3 is 14.8 Å². The van der Waals surface area contributed by atoms with Crippen molar-refractivity contribution in [2.75, 3.05) is 31.7 Å². The van der Waals surface area contributed by atoms with E-state index in [4.69, 9.17) is 9.47 Å². The van der Waals surface area contributed by atoms with Gasteiger partial charge in [-0.1, -0.05) is 0 Å². The third kappa shape index (κ3) is 6.48. The van der Waals surface area contributed by atoms with Crippen LogP contribution in [-0.4, -0.2) is 32.3 Å². The first kappa shape index (κ1) is 14.2. The standard InChI is InChI=1S/C12H16INO3/c1-2-17-12(15)9-16-8-7-14-11-5-3-10(13)4-6-11/h3-6,14H,2,7-9H2,1H3. The van der Waals surface area contributed by atoms with E-state index in [1.165, 1.54) is 3.57 Å². The molecule has 0 aliphatic heterocycles. The summed E-state index contributed by atoms with van der Waals surface area (Å²) in [7, 11) is 0. The molecule has 0 saturated carbocycles. The topological polar surface area (TPSA) is 47.6 Å². The monoisotopic (exact) mass is 349 g/mol. The highest BCUT2D eigenvalue weighted by Gasteiger charge is 2.00. The first-order valence-electron chi connectivity index (χ1n) is 5.45. The van der Waals surface area contributed by atoms with Crippen LogP contribution >= 0.6 is 22.6 Å². The van der Waals surface area contributed by atoms with Crippen LogP contribution < -0.4 is 5.32 Å². The van der Waals surface area contributed by atoms with Gasteiger partial charge in [-0.25, -0.2) is 4.79 Å². The maximum atomic E-state index is 10.9. The number of rotatable bonds is 7. The molecule has 17 heavy (non-hydrogen) atoms. The molecule has 0 bridgehead atoms. The first-order chi connectivity index (χ1) is 8.22. The van der Waals surface area contributed by atoms with Gasteiger partial charge in [-0.15, -0.1) is 0 Å². The SMILES string of the molecule is CCOC(=O)COCCNc1ccc(I)cc1. The van der Waals surface area contributed by atoms with E-state index < -0.39 is 0 Å². The number of anilines is 1. The van der Waals surface area contributed by atoms with Crippen molar-refractivity contribution in [3.63, 3.8) is 0 Å². The molecule has 0 radical (unpaired) electrons. The van der Waals surface area contributed by atoms with Gasteiger partial charge in [0, 0.05) is 15.8 Å². The molecule has 0 aliphatic carbocycles. The average molecular weight is 349 g/mol. The van der Waals surface area contributed by atoms with Crippen LogP contribution in [0.25, 0.3) is 0 Å². The predicted molar refractivity (Wildman–Crippen MR) is 75.1 cm³/mol. The molecule has 1 aromatic rings. The van der Waals surface area contributed by atoms with E-state index >= 15 is 0 Å². The number of benzene rings is 1. The molecule has 0 atom stereocenters. The molecule has 0 aliphatic rings. The number of carbonyl (C=O) groups excluding carboxylic acids is 1. The Morgan fingerprint density at radius 1 is 1.35 bits per heavy atom. The zero-order chi connectivity index (χ0) is 12.5. The van der Waals surface area contributed by atoms with Crippen molar-refractivity contribution in [2.24, 2.45) is 0 Å². The Bertz CT molecular complexity index is 340. The van der Waals surface area contributed by atoms with Crippen molar-refractivity contribution in [2.45, 2.75) is 6.92 Å². The molecule has 0 unspecified atom stereocenters. The number of ether oxygens (including phenoxy) is 2. The van der Waals surface area contributed by atoms with Crippen molar-refractivity contribution >= 4 is 34.2 Å². The Hall–Kier alpha value is -0.820. The van der Waals surface area contributed by atoms with Crippen molar-refractivity contribution in [1.82, 2.24) is 0 Å². The Morgan fingerprint density at radius 2 is 2.06 bits per heavy atom. The molecule has 0 fully saturated rings. The van der Waals surface area contributed by atoms with Crippen molar-refractivity contribution in [3.05, 3.63) is 27.8 Å². The maximum Gasteiger partial charge on any atom is 0.332 e. The molecule has 94 valence electrons. The lowest BCUT2D eigenvalue weighted by atomic mass is 10.3. The molecule has 0 amide bonds. The van der Waals surface area contributed by atoms with Crippen LogP contribution in [0.4, 0.5) is 5.69 Å². The second-order valence-corrected chi connectivity index (χ2v) is 4.54. The van der Waals surface area contributed by atoms with E-state index in [-0.39, 0.29) is 12.6 Å². The zero-order valence-electron chi connectivity index (χ0n) is 9.74. The van der Waals surface area contributed by atoms with Gasteiger partial charge in [0.1, 0.15) is 6.61 Å². The van der Waals surface area contributed by atoms with Crippen molar-refractivity contribution in [3.8, 4) is 0 Å². The second kappa shape index (κ2) is 8.30. The Balaban J connectivity index is 2.08. The largest absolute Gasteiger partial charge is 0.464 e.